The van der Waals surface area contributed by atoms with Gasteiger partial charge in [-0.2, -0.15) is 0 Å². The summed E-state index contributed by atoms with van der Waals surface area (Å²) in [6, 6.07) is 12.0. The van der Waals surface area contributed by atoms with E-state index in [1.165, 1.54) is 23.8 Å². The summed E-state index contributed by atoms with van der Waals surface area (Å²) >= 11 is 6.58. The maximum absolute atomic E-state index is 12.9. The highest BCUT2D eigenvalue weighted by atomic mass is 32.2. The number of ether oxygens (including phenoxy) is 3. The lowest BCUT2D eigenvalue weighted by Crippen LogP contribution is -2.27. The molecule has 1 N–H and O–H groups in total. The Labute approximate surface area is 176 Å². The van der Waals surface area contributed by atoms with Crippen LogP contribution >= 0.6 is 24.0 Å². The zero-order chi connectivity index (χ0) is 21.0. The quantitative estimate of drug-likeness (QED) is 0.526. The van der Waals surface area contributed by atoms with E-state index in [4.69, 9.17) is 31.5 Å². The SMILES string of the molecule is COc1ccc(N2C(=O)/C(=C/c3ccc(OCC(=O)O)c(OC)c3)SC2=S)cc1. The summed E-state index contributed by atoms with van der Waals surface area (Å²) in [5.41, 5.74) is 1.35. The summed E-state index contributed by atoms with van der Waals surface area (Å²) in [4.78, 5) is 25.5. The molecule has 7 nitrogen and oxygen atoms in total. The molecule has 29 heavy (non-hydrogen) atoms. The summed E-state index contributed by atoms with van der Waals surface area (Å²) in [7, 11) is 3.03. The molecule has 1 fully saturated rings. The van der Waals surface area contributed by atoms with Gasteiger partial charge in [-0.3, -0.25) is 9.69 Å². The number of benzene rings is 2. The molecule has 2 aromatic rings. The average molecular weight is 431 g/mol. The molecule has 1 heterocycles. The lowest BCUT2D eigenvalue weighted by Gasteiger charge is -2.14. The van der Waals surface area contributed by atoms with Gasteiger partial charge in [0, 0.05) is 0 Å². The highest BCUT2D eigenvalue weighted by molar-refractivity contribution is 8.27. The monoisotopic (exact) mass is 431 g/mol. The van der Waals surface area contributed by atoms with Gasteiger partial charge in [0.25, 0.3) is 5.91 Å². The van der Waals surface area contributed by atoms with Gasteiger partial charge in [-0.15, -0.1) is 0 Å². The van der Waals surface area contributed by atoms with Crippen LogP contribution in [0.15, 0.2) is 47.4 Å². The summed E-state index contributed by atoms with van der Waals surface area (Å²) in [6.45, 7) is -0.476. The number of aliphatic carboxylic acids is 1. The Morgan fingerprint density at radius 2 is 1.86 bits per heavy atom. The molecule has 1 aliphatic heterocycles. The van der Waals surface area contributed by atoms with Crippen LogP contribution in [0.2, 0.25) is 0 Å². The Bertz CT molecular complexity index is 987. The van der Waals surface area contributed by atoms with E-state index in [9.17, 15) is 9.59 Å². The van der Waals surface area contributed by atoms with E-state index in [0.29, 0.717) is 37.7 Å². The maximum atomic E-state index is 12.9. The van der Waals surface area contributed by atoms with Crippen LogP contribution in [0.3, 0.4) is 0 Å². The molecular weight excluding hydrogens is 414 g/mol. The highest BCUT2D eigenvalue weighted by Gasteiger charge is 2.33. The Balaban J connectivity index is 1.84. The Morgan fingerprint density at radius 3 is 2.48 bits per heavy atom. The number of carbonyl (C=O) groups excluding carboxylic acids is 1. The van der Waals surface area contributed by atoms with Crippen molar-refractivity contribution < 1.29 is 28.9 Å². The number of amides is 1. The molecule has 1 saturated heterocycles. The summed E-state index contributed by atoms with van der Waals surface area (Å²) < 4.78 is 16.0. The molecule has 1 amide bonds. The van der Waals surface area contributed by atoms with E-state index >= 15 is 0 Å². The van der Waals surface area contributed by atoms with E-state index < -0.39 is 12.6 Å². The third kappa shape index (κ3) is 4.69. The molecule has 0 aromatic heterocycles. The van der Waals surface area contributed by atoms with E-state index in [0.717, 1.165) is 0 Å². The molecule has 0 saturated carbocycles. The fourth-order valence-electron chi connectivity index (χ4n) is 2.61. The summed E-state index contributed by atoms with van der Waals surface area (Å²) in [6.07, 6.45) is 1.70. The van der Waals surface area contributed by atoms with Gasteiger partial charge in [-0.1, -0.05) is 30.0 Å². The second-order valence-corrected chi connectivity index (χ2v) is 7.48. The van der Waals surface area contributed by atoms with Gasteiger partial charge < -0.3 is 19.3 Å². The second kappa shape index (κ2) is 8.97. The molecule has 9 heteroatoms. The smallest absolute Gasteiger partial charge is 0.341 e. The van der Waals surface area contributed by atoms with Gasteiger partial charge in [0.05, 0.1) is 24.8 Å². The number of thioether (sulfide) groups is 1. The minimum Gasteiger partial charge on any atom is -0.497 e. The van der Waals surface area contributed by atoms with Crippen LogP contribution in [0.4, 0.5) is 5.69 Å². The Kier molecular flexibility index (Phi) is 6.40. The minimum absolute atomic E-state index is 0.227. The maximum Gasteiger partial charge on any atom is 0.341 e. The first-order valence-electron chi connectivity index (χ1n) is 8.37. The highest BCUT2D eigenvalue weighted by Crippen LogP contribution is 2.37. The van der Waals surface area contributed by atoms with Crippen molar-refractivity contribution in [3.63, 3.8) is 0 Å². The van der Waals surface area contributed by atoms with E-state index in [1.807, 2.05) is 0 Å². The number of hydrogen-bond donors (Lipinski definition) is 1. The number of thiocarbonyl (C=S) groups is 1. The first-order chi connectivity index (χ1) is 13.9. The molecule has 0 aliphatic carbocycles. The third-order valence-corrected chi connectivity index (χ3v) is 5.26. The Hall–Kier alpha value is -3.04. The van der Waals surface area contributed by atoms with E-state index in [-0.39, 0.29) is 5.91 Å². The number of rotatable bonds is 7. The largest absolute Gasteiger partial charge is 0.497 e. The van der Waals surface area contributed by atoms with Crippen molar-refractivity contribution in [3.05, 3.63) is 52.9 Å². The van der Waals surface area contributed by atoms with Gasteiger partial charge in [0.2, 0.25) is 0 Å². The van der Waals surface area contributed by atoms with E-state index in [1.54, 1.807) is 55.7 Å². The Morgan fingerprint density at radius 1 is 1.14 bits per heavy atom. The van der Waals surface area contributed by atoms with Crippen LogP contribution < -0.4 is 19.1 Å². The molecule has 0 spiro atoms. The first-order valence-corrected chi connectivity index (χ1v) is 9.60. The van der Waals surface area contributed by atoms with Crippen LogP contribution in [-0.4, -0.2) is 42.1 Å². The molecule has 0 bridgehead atoms. The molecule has 0 radical (unpaired) electrons. The van der Waals surface area contributed by atoms with Gasteiger partial charge in [-0.25, -0.2) is 4.79 Å². The topological polar surface area (TPSA) is 85.3 Å². The fourth-order valence-corrected chi connectivity index (χ4v) is 3.90. The molecule has 150 valence electrons. The molecule has 2 aromatic carbocycles. The number of hydrogen-bond acceptors (Lipinski definition) is 7. The number of carboxylic acids is 1. The van der Waals surface area contributed by atoms with Crippen molar-refractivity contribution in [2.45, 2.75) is 0 Å². The zero-order valence-corrected chi connectivity index (χ0v) is 17.2. The number of carbonyl (C=O) groups is 2. The molecule has 3 rings (SSSR count). The third-order valence-electron chi connectivity index (χ3n) is 3.96. The summed E-state index contributed by atoms with van der Waals surface area (Å²) in [5, 5.41) is 8.75. The molecule has 0 atom stereocenters. The molecule has 1 aliphatic rings. The molecular formula is C20H17NO6S2. The normalized spacial score (nSPS) is 15.0. The van der Waals surface area contributed by atoms with Gasteiger partial charge in [0.1, 0.15) is 5.75 Å². The standard InChI is InChI=1S/C20H17NO6S2/c1-25-14-6-4-13(5-7-14)21-19(24)17(29-20(21)28)10-12-3-8-15(16(9-12)26-2)27-11-18(22)23/h3-10H,11H2,1-2H3,(H,22,23)/b17-10-. The van der Waals surface area contributed by atoms with Crippen LogP contribution in [0.1, 0.15) is 5.56 Å². The van der Waals surface area contributed by atoms with Crippen molar-refractivity contribution in [3.8, 4) is 17.2 Å². The number of nitrogens with zero attached hydrogens (tertiary/aromatic N) is 1. The minimum atomic E-state index is -1.08. The number of carboxylic acid groups (broad SMARTS) is 1. The van der Waals surface area contributed by atoms with Gasteiger partial charge in [0.15, 0.2) is 22.4 Å². The molecule has 0 unspecified atom stereocenters. The number of methoxy groups -OCH3 is 2. The first kappa shape index (κ1) is 20.7. The predicted octanol–water partition coefficient (Wildman–Crippen LogP) is 3.57. The zero-order valence-electron chi connectivity index (χ0n) is 15.6. The predicted molar refractivity (Wildman–Crippen MR) is 115 cm³/mol. The lowest BCUT2D eigenvalue weighted by molar-refractivity contribution is -0.139. The fraction of sp³-hybridized carbons (Fsp3) is 0.150. The summed E-state index contributed by atoms with van der Waals surface area (Å²) in [5.74, 6) is 0.0455. The van der Waals surface area contributed by atoms with Crippen molar-refractivity contribution in [1.29, 1.82) is 0 Å². The van der Waals surface area contributed by atoms with Crippen LogP contribution in [-0.2, 0) is 9.59 Å². The van der Waals surface area contributed by atoms with Crippen molar-refractivity contribution in [2.75, 3.05) is 25.7 Å². The van der Waals surface area contributed by atoms with Crippen molar-refractivity contribution in [2.24, 2.45) is 0 Å². The average Bonchev–Trinajstić information content (AvgIpc) is 2.99. The van der Waals surface area contributed by atoms with E-state index in [2.05, 4.69) is 0 Å². The van der Waals surface area contributed by atoms with Crippen LogP contribution in [0, 0.1) is 0 Å². The van der Waals surface area contributed by atoms with Crippen LogP contribution in [0.5, 0.6) is 17.2 Å². The van der Waals surface area contributed by atoms with Crippen molar-refractivity contribution in [1.82, 2.24) is 0 Å². The van der Waals surface area contributed by atoms with Gasteiger partial charge in [-0.05, 0) is 48.0 Å². The lowest BCUT2D eigenvalue weighted by atomic mass is 10.2. The second-order valence-electron chi connectivity index (χ2n) is 5.81. The number of anilines is 1. The van der Waals surface area contributed by atoms with Crippen LogP contribution in [0.25, 0.3) is 6.08 Å². The van der Waals surface area contributed by atoms with Gasteiger partial charge >= 0.3 is 5.97 Å². The van der Waals surface area contributed by atoms with Crippen molar-refractivity contribution >= 4 is 51.9 Å².